The van der Waals surface area contributed by atoms with Crippen LogP contribution in [0.2, 0.25) is 0 Å². The van der Waals surface area contributed by atoms with E-state index in [4.69, 9.17) is 5.73 Å². The Labute approximate surface area is 145 Å². The minimum Gasteiger partial charge on any atom is -0.328 e. The Hall–Kier alpha value is -0.190. The van der Waals surface area contributed by atoms with E-state index in [2.05, 4.69) is 15.9 Å². The first kappa shape index (κ1) is 19.9. The lowest BCUT2D eigenvalue weighted by molar-refractivity contribution is 0.320. The highest BCUT2D eigenvalue weighted by Gasteiger charge is 2.30. The number of piperidine rings is 1. The van der Waals surface area contributed by atoms with Gasteiger partial charge in [0, 0.05) is 29.9 Å². The van der Waals surface area contributed by atoms with Crippen molar-refractivity contribution < 1.29 is 16.8 Å². The van der Waals surface area contributed by atoms with Crippen LogP contribution in [0.25, 0.3) is 0 Å². The molecule has 0 unspecified atom stereocenters. The lowest BCUT2D eigenvalue weighted by Gasteiger charge is -2.29. The van der Waals surface area contributed by atoms with Crippen molar-refractivity contribution in [3.8, 4) is 0 Å². The number of benzene rings is 1. The molecule has 22 heavy (non-hydrogen) atoms. The van der Waals surface area contributed by atoms with Crippen LogP contribution in [0.1, 0.15) is 12.8 Å². The molecule has 2 rings (SSSR count). The predicted molar refractivity (Wildman–Crippen MR) is 90.5 cm³/mol. The fourth-order valence-corrected chi connectivity index (χ4v) is 5.48. The number of halogens is 2. The molecular formula is C12H18BrClN2O4S2. The van der Waals surface area contributed by atoms with Gasteiger partial charge in [0.25, 0.3) is 0 Å². The van der Waals surface area contributed by atoms with E-state index in [1.807, 2.05) is 0 Å². The molecule has 126 valence electrons. The Bertz CT molecular complexity index is 744. The molecule has 1 heterocycles. The number of hydrogen-bond acceptors (Lipinski definition) is 5. The average molecular weight is 434 g/mol. The molecule has 6 nitrogen and oxygen atoms in total. The zero-order chi connectivity index (χ0) is 15.8. The van der Waals surface area contributed by atoms with Gasteiger partial charge in [0.2, 0.25) is 10.0 Å². The van der Waals surface area contributed by atoms with Crippen LogP contribution >= 0.6 is 28.3 Å². The summed E-state index contributed by atoms with van der Waals surface area (Å²) in [6.45, 7) is 0.757. The number of rotatable bonds is 3. The molecule has 2 N–H and O–H groups in total. The molecule has 1 aliphatic heterocycles. The van der Waals surface area contributed by atoms with E-state index in [-0.39, 0.29) is 32.7 Å². The SMILES string of the molecule is CS(=O)(=O)c1ccc(S(=O)(=O)N2CCC(N)CC2)c(Br)c1.Cl. The van der Waals surface area contributed by atoms with Crippen LogP contribution in [0.4, 0.5) is 0 Å². The minimum atomic E-state index is -3.64. The predicted octanol–water partition coefficient (Wildman–Crippen LogP) is 1.39. The number of nitrogens with zero attached hydrogens (tertiary/aromatic N) is 1. The molecule has 0 bridgehead atoms. The van der Waals surface area contributed by atoms with Crippen molar-refractivity contribution in [2.45, 2.75) is 28.7 Å². The normalized spacial score (nSPS) is 18.0. The van der Waals surface area contributed by atoms with Crippen LogP contribution in [-0.4, -0.2) is 46.5 Å². The molecule has 0 radical (unpaired) electrons. The summed E-state index contributed by atoms with van der Waals surface area (Å²) in [4.78, 5) is 0.152. The van der Waals surface area contributed by atoms with E-state index in [9.17, 15) is 16.8 Å². The highest BCUT2D eigenvalue weighted by molar-refractivity contribution is 9.10. The van der Waals surface area contributed by atoms with Crippen molar-refractivity contribution in [3.63, 3.8) is 0 Å². The maximum absolute atomic E-state index is 12.6. The summed E-state index contributed by atoms with van der Waals surface area (Å²) in [6.07, 6.45) is 2.32. The maximum Gasteiger partial charge on any atom is 0.244 e. The van der Waals surface area contributed by atoms with Crippen molar-refractivity contribution >= 4 is 48.2 Å². The summed E-state index contributed by atoms with van der Waals surface area (Å²) in [7, 11) is -7.02. The van der Waals surface area contributed by atoms with Crippen LogP contribution in [0.3, 0.4) is 0 Å². The van der Waals surface area contributed by atoms with Gasteiger partial charge < -0.3 is 5.73 Å². The number of sulfone groups is 1. The summed E-state index contributed by atoms with van der Waals surface area (Å²) >= 11 is 3.16. The number of hydrogen-bond donors (Lipinski definition) is 1. The van der Waals surface area contributed by atoms with Gasteiger partial charge in [-0.1, -0.05) is 0 Å². The first-order valence-corrected chi connectivity index (χ1v) is 10.5. The van der Waals surface area contributed by atoms with Crippen LogP contribution in [0.15, 0.2) is 32.5 Å². The van der Waals surface area contributed by atoms with Crippen molar-refractivity contribution in [2.75, 3.05) is 19.3 Å². The van der Waals surface area contributed by atoms with E-state index in [1.54, 1.807) is 0 Å². The van der Waals surface area contributed by atoms with E-state index >= 15 is 0 Å². The average Bonchev–Trinajstić information content (AvgIpc) is 2.37. The molecule has 1 fully saturated rings. The van der Waals surface area contributed by atoms with E-state index in [0.29, 0.717) is 25.9 Å². The third kappa shape index (κ3) is 4.21. The lowest BCUT2D eigenvalue weighted by atomic mass is 10.1. The van der Waals surface area contributed by atoms with Crippen molar-refractivity contribution in [1.29, 1.82) is 0 Å². The van der Waals surface area contributed by atoms with Gasteiger partial charge in [-0.15, -0.1) is 12.4 Å². The van der Waals surface area contributed by atoms with Crippen LogP contribution in [0, 0.1) is 0 Å². The molecule has 0 spiro atoms. The zero-order valence-electron chi connectivity index (χ0n) is 11.9. The van der Waals surface area contributed by atoms with Gasteiger partial charge >= 0.3 is 0 Å². The Morgan fingerprint density at radius 1 is 1.18 bits per heavy atom. The smallest absolute Gasteiger partial charge is 0.244 e. The summed E-state index contributed by atoms with van der Waals surface area (Å²) in [5, 5.41) is 0. The Kier molecular flexibility index (Phi) is 6.45. The topological polar surface area (TPSA) is 97.5 Å². The van der Waals surface area contributed by atoms with Gasteiger partial charge in [-0.3, -0.25) is 0 Å². The third-order valence-corrected chi connectivity index (χ3v) is 7.43. The second kappa shape index (κ2) is 7.14. The second-order valence-electron chi connectivity index (χ2n) is 5.11. The Morgan fingerprint density at radius 3 is 2.18 bits per heavy atom. The van der Waals surface area contributed by atoms with Crippen molar-refractivity contribution in [2.24, 2.45) is 5.73 Å². The van der Waals surface area contributed by atoms with Crippen LogP contribution in [0.5, 0.6) is 0 Å². The quantitative estimate of drug-likeness (QED) is 0.777. The van der Waals surface area contributed by atoms with Gasteiger partial charge in [0.15, 0.2) is 9.84 Å². The molecule has 0 saturated carbocycles. The summed E-state index contributed by atoms with van der Waals surface area (Å²) < 4.78 is 49.8. The zero-order valence-corrected chi connectivity index (χ0v) is 15.9. The monoisotopic (exact) mass is 432 g/mol. The summed E-state index contributed by atoms with van der Waals surface area (Å²) in [6, 6.07) is 3.98. The summed E-state index contributed by atoms with van der Waals surface area (Å²) in [5.41, 5.74) is 5.78. The second-order valence-corrected chi connectivity index (χ2v) is 9.88. The fourth-order valence-electron chi connectivity index (χ4n) is 2.18. The van der Waals surface area contributed by atoms with E-state index in [0.717, 1.165) is 6.26 Å². The molecule has 10 heteroatoms. The van der Waals surface area contributed by atoms with E-state index in [1.165, 1.54) is 22.5 Å². The molecule has 0 atom stereocenters. The van der Waals surface area contributed by atoms with Gasteiger partial charge in [-0.05, 0) is 47.0 Å². The molecule has 0 aliphatic carbocycles. The Balaban J connectivity index is 0.00000242. The molecule has 1 aliphatic rings. The Morgan fingerprint density at radius 2 is 1.73 bits per heavy atom. The molecule has 1 aromatic rings. The molecule has 0 amide bonds. The molecular weight excluding hydrogens is 416 g/mol. The third-order valence-electron chi connectivity index (χ3n) is 3.45. The van der Waals surface area contributed by atoms with E-state index < -0.39 is 19.9 Å². The molecule has 1 aromatic carbocycles. The van der Waals surface area contributed by atoms with Gasteiger partial charge in [-0.25, -0.2) is 16.8 Å². The fraction of sp³-hybridized carbons (Fsp3) is 0.500. The first-order chi connectivity index (χ1) is 9.62. The number of nitrogens with two attached hydrogens (primary N) is 1. The van der Waals surface area contributed by atoms with Crippen molar-refractivity contribution in [3.05, 3.63) is 22.7 Å². The van der Waals surface area contributed by atoms with Gasteiger partial charge in [0.05, 0.1) is 9.79 Å². The van der Waals surface area contributed by atoms with Gasteiger partial charge in [-0.2, -0.15) is 4.31 Å². The lowest BCUT2D eigenvalue weighted by Crippen LogP contribution is -2.42. The highest BCUT2D eigenvalue weighted by atomic mass is 79.9. The van der Waals surface area contributed by atoms with Gasteiger partial charge in [0.1, 0.15) is 0 Å². The summed E-state index contributed by atoms with van der Waals surface area (Å²) in [5.74, 6) is 0. The number of sulfonamides is 1. The van der Waals surface area contributed by atoms with Crippen LogP contribution in [-0.2, 0) is 19.9 Å². The van der Waals surface area contributed by atoms with Crippen LogP contribution < -0.4 is 5.73 Å². The minimum absolute atomic E-state index is 0. The van der Waals surface area contributed by atoms with Crippen molar-refractivity contribution in [1.82, 2.24) is 4.31 Å². The standard InChI is InChI=1S/C12H17BrN2O4S2.ClH/c1-20(16,17)10-2-3-12(11(13)8-10)21(18,19)15-6-4-9(14)5-7-15;/h2-3,8-9H,4-7,14H2,1H3;1H. The highest BCUT2D eigenvalue weighted by Crippen LogP contribution is 2.29. The largest absolute Gasteiger partial charge is 0.328 e. The molecule has 0 aromatic heterocycles. The molecule has 1 saturated heterocycles. The first-order valence-electron chi connectivity index (χ1n) is 6.38. The maximum atomic E-state index is 12.6.